The van der Waals surface area contributed by atoms with Crippen LogP contribution < -0.4 is 5.56 Å². The molecule has 2 rings (SSSR count). The molecule has 0 bridgehead atoms. The van der Waals surface area contributed by atoms with Crippen molar-refractivity contribution in [2.24, 2.45) is 5.41 Å². The van der Waals surface area contributed by atoms with Crippen molar-refractivity contribution in [1.29, 1.82) is 0 Å². The van der Waals surface area contributed by atoms with Gasteiger partial charge in [-0.2, -0.15) is 13.2 Å². The minimum absolute atomic E-state index is 0.0184. The highest BCUT2D eigenvalue weighted by atomic mass is 19.4. The van der Waals surface area contributed by atoms with E-state index in [0.717, 1.165) is 11.1 Å². The van der Waals surface area contributed by atoms with Gasteiger partial charge in [0, 0.05) is 29.4 Å². The first kappa shape index (κ1) is 22.4. The minimum Gasteiger partial charge on any atom is -0.326 e. The van der Waals surface area contributed by atoms with E-state index in [1.54, 1.807) is 46.8 Å². The van der Waals surface area contributed by atoms with Gasteiger partial charge in [0.1, 0.15) is 0 Å². The van der Waals surface area contributed by atoms with E-state index in [4.69, 9.17) is 0 Å². The predicted octanol–water partition coefficient (Wildman–Crippen LogP) is 4.24. The zero-order chi connectivity index (χ0) is 22.1. The molecule has 0 fully saturated rings. The molecule has 0 aliphatic heterocycles. The summed E-state index contributed by atoms with van der Waals surface area (Å²) in [5, 5.41) is 0. The Labute approximate surface area is 166 Å². The number of H-pyrrole nitrogens is 1. The van der Waals surface area contributed by atoms with E-state index in [1.807, 2.05) is 0 Å². The number of imide groups is 1. The highest BCUT2D eigenvalue weighted by Crippen LogP contribution is 2.28. The molecular weight excluding hydrogens is 385 g/mol. The molecule has 0 saturated heterocycles. The molecule has 0 radical (unpaired) electrons. The standard InChI is InChI=1S/C21H23F3N2O3/c1-12-10-14(6-7-15(12)16-8-9-17(27)25-13(16)2)18(28)26(11-20(3,4)5)19(29)21(22,23)24/h6-10H,11H2,1-5H3,(H,25,27). The first-order chi connectivity index (χ1) is 13.2. The molecule has 0 unspecified atom stereocenters. The molecule has 2 aromatic rings. The van der Waals surface area contributed by atoms with Gasteiger partial charge in [-0.15, -0.1) is 0 Å². The van der Waals surface area contributed by atoms with Crippen molar-refractivity contribution in [1.82, 2.24) is 9.88 Å². The Bertz CT molecular complexity index is 1000. The lowest BCUT2D eigenvalue weighted by Gasteiger charge is -2.29. The van der Waals surface area contributed by atoms with Crippen LogP contribution in [0.2, 0.25) is 0 Å². The average Bonchev–Trinajstić information content (AvgIpc) is 2.57. The van der Waals surface area contributed by atoms with E-state index in [1.165, 1.54) is 18.2 Å². The Hall–Kier alpha value is -2.90. The van der Waals surface area contributed by atoms with E-state index >= 15 is 0 Å². The van der Waals surface area contributed by atoms with E-state index in [-0.39, 0.29) is 22.6 Å². The Morgan fingerprint density at radius 1 is 1.00 bits per heavy atom. The lowest BCUT2D eigenvalue weighted by molar-refractivity contribution is -0.183. The Kier molecular flexibility index (Phi) is 6.06. The number of alkyl halides is 3. The molecule has 2 amide bonds. The summed E-state index contributed by atoms with van der Waals surface area (Å²) < 4.78 is 39.1. The van der Waals surface area contributed by atoms with Gasteiger partial charge in [0.15, 0.2) is 0 Å². The third-order valence-electron chi connectivity index (χ3n) is 4.24. The summed E-state index contributed by atoms with van der Waals surface area (Å²) in [4.78, 5) is 39.0. The van der Waals surface area contributed by atoms with Crippen molar-refractivity contribution in [3.8, 4) is 11.1 Å². The number of aromatic nitrogens is 1. The van der Waals surface area contributed by atoms with Gasteiger partial charge < -0.3 is 4.98 Å². The van der Waals surface area contributed by atoms with Gasteiger partial charge in [0.25, 0.3) is 5.91 Å². The summed E-state index contributed by atoms with van der Waals surface area (Å²) >= 11 is 0. The van der Waals surface area contributed by atoms with Crippen LogP contribution in [-0.2, 0) is 4.79 Å². The van der Waals surface area contributed by atoms with Crippen molar-refractivity contribution in [3.05, 3.63) is 57.5 Å². The second kappa shape index (κ2) is 7.85. The highest BCUT2D eigenvalue weighted by molar-refractivity contribution is 6.06. The number of carbonyl (C=O) groups excluding carboxylic acids is 2. The number of hydrogen-bond acceptors (Lipinski definition) is 3. The van der Waals surface area contributed by atoms with Crippen LogP contribution in [0, 0.1) is 19.3 Å². The number of nitrogens with one attached hydrogen (secondary N) is 1. The van der Waals surface area contributed by atoms with Crippen LogP contribution in [0.5, 0.6) is 0 Å². The third kappa shape index (κ3) is 5.34. The summed E-state index contributed by atoms with van der Waals surface area (Å²) in [6, 6.07) is 7.43. The molecule has 8 heteroatoms. The fraction of sp³-hybridized carbons (Fsp3) is 0.381. The van der Waals surface area contributed by atoms with Gasteiger partial charge >= 0.3 is 12.1 Å². The van der Waals surface area contributed by atoms with Gasteiger partial charge in [-0.3, -0.25) is 19.3 Å². The van der Waals surface area contributed by atoms with Crippen LogP contribution in [0.15, 0.2) is 35.1 Å². The lowest BCUT2D eigenvalue weighted by atomic mass is 9.94. The molecule has 0 spiro atoms. The summed E-state index contributed by atoms with van der Waals surface area (Å²) in [6.45, 7) is 7.99. The Morgan fingerprint density at radius 3 is 2.07 bits per heavy atom. The number of carbonyl (C=O) groups is 2. The molecule has 1 aromatic heterocycles. The van der Waals surface area contributed by atoms with Crippen molar-refractivity contribution in [2.45, 2.75) is 40.8 Å². The van der Waals surface area contributed by atoms with Gasteiger partial charge in [-0.1, -0.05) is 26.8 Å². The number of aromatic amines is 1. The van der Waals surface area contributed by atoms with E-state index in [9.17, 15) is 27.6 Å². The maximum absolute atomic E-state index is 13.0. The van der Waals surface area contributed by atoms with Crippen LogP contribution in [0.4, 0.5) is 13.2 Å². The second-order valence-corrected chi connectivity index (χ2v) is 8.15. The van der Waals surface area contributed by atoms with Crippen molar-refractivity contribution in [3.63, 3.8) is 0 Å². The molecule has 0 saturated carbocycles. The molecule has 5 nitrogen and oxygen atoms in total. The molecule has 0 aliphatic carbocycles. The topological polar surface area (TPSA) is 70.2 Å². The van der Waals surface area contributed by atoms with Gasteiger partial charge in [0.2, 0.25) is 5.56 Å². The molecular formula is C21H23F3N2O3. The quantitative estimate of drug-likeness (QED) is 0.826. The minimum atomic E-state index is -5.15. The number of amides is 2. The van der Waals surface area contributed by atoms with Crippen LogP contribution in [0.1, 0.15) is 42.4 Å². The normalized spacial score (nSPS) is 12.0. The molecule has 0 aliphatic rings. The molecule has 29 heavy (non-hydrogen) atoms. The van der Waals surface area contributed by atoms with E-state index < -0.39 is 23.4 Å². The fourth-order valence-electron chi connectivity index (χ4n) is 2.99. The zero-order valence-electron chi connectivity index (χ0n) is 16.9. The first-order valence-corrected chi connectivity index (χ1v) is 8.95. The summed E-state index contributed by atoms with van der Waals surface area (Å²) in [5.41, 5.74) is 1.73. The third-order valence-corrected chi connectivity index (χ3v) is 4.24. The van der Waals surface area contributed by atoms with Crippen LogP contribution in [0.25, 0.3) is 11.1 Å². The summed E-state index contributed by atoms with van der Waals surface area (Å²) in [7, 11) is 0. The maximum atomic E-state index is 13.0. The molecule has 156 valence electrons. The number of nitrogens with zero attached hydrogens (tertiary/aromatic N) is 1. The lowest BCUT2D eigenvalue weighted by Crippen LogP contribution is -2.48. The van der Waals surface area contributed by atoms with Crippen LogP contribution >= 0.6 is 0 Å². The summed E-state index contributed by atoms with van der Waals surface area (Å²) in [6.07, 6.45) is -5.15. The molecule has 0 atom stereocenters. The van der Waals surface area contributed by atoms with Crippen LogP contribution in [0.3, 0.4) is 0 Å². The Morgan fingerprint density at radius 2 is 1.59 bits per heavy atom. The Balaban J connectivity index is 2.46. The number of pyridine rings is 1. The second-order valence-electron chi connectivity index (χ2n) is 8.15. The molecule has 1 aromatic carbocycles. The fourth-order valence-corrected chi connectivity index (χ4v) is 2.99. The molecule has 1 N–H and O–H groups in total. The van der Waals surface area contributed by atoms with Gasteiger partial charge in [-0.25, -0.2) is 0 Å². The SMILES string of the molecule is Cc1cc(C(=O)N(CC(C)(C)C)C(=O)C(F)(F)F)ccc1-c1ccc(=O)[nH]c1C. The van der Waals surface area contributed by atoms with Gasteiger partial charge in [0.05, 0.1) is 0 Å². The van der Waals surface area contributed by atoms with E-state index in [2.05, 4.69) is 4.98 Å². The first-order valence-electron chi connectivity index (χ1n) is 8.95. The number of rotatable bonds is 3. The van der Waals surface area contributed by atoms with Gasteiger partial charge in [-0.05, 0) is 48.6 Å². The van der Waals surface area contributed by atoms with E-state index in [0.29, 0.717) is 11.3 Å². The number of benzene rings is 1. The monoisotopic (exact) mass is 408 g/mol. The average molecular weight is 408 g/mol. The number of hydrogen-bond donors (Lipinski definition) is 1. The van der Waals surface area contributed by atoms with Crippen LogP contribution in [-0.4, -0.2) is 34.4 Å². The highest BCUT2D eigenvalue weighted by Gasteiger charge is 2.45. The van der Waals surface area contributed by atoms with Crippen molar-refractivity contribution >= 4 is 11.8 Å². The van der Waals surface area contributed by atoms with Crippen molar-refractivity contribution in [2.75, 3.05) is 6.54 Å². The van der Waals surface area contributed by atoms with Crippen molar-refractivity contribution < 1.29 is 22.8 Å². The largest absolute Gasteiger partial charge is 0.471 e. The predicted molar refractivity (Wildman–Crippen MR) is 104 cm³/mol. The number of aryl methyl sites for hydroxylation is 2. The number of halogens is 3. The zero-order valence-corrected chi connectivity index (χ0v) is 16.9. The summed E-state index contributed by atoms with van der Waals surface area (Å²) in [5.74, 6) is -3.19. The smallest absolute Gasteiger partial charge is 0.326 e. The maximum Gasteiger partial charge on any atom is 0.471 e. The molecule has 1 heterocycles.